The molecule has 0 amide bonds. The second kappa shape index (κ2) is 5.88. The van der Waals surface area contributed by atoms with Gasteiger partial charge in [0.15, 0.2) is 0 Å². The van der Waals surface area contributed by atoms with Crippen molar-refractivity contribution in [3.05, 3.63) is 31.2 Å². The molecular weight excluding hydrogens is 178 g/mol. The minimum atomic E-state index is 1.73. The van der Waals surface area contributed by atoms with Crippen molar-refractivity contribution in [1.29, 1.82) is 0 Å². The summed E-state index contributed by atoms with van der Waals surface area (Å²) in [4.78, 5) is 0. The van der Waals surface area contributed by atoms with E-state index in [0.717, 1.165) is 0 Å². The fourth-order valence-corrected chi connectivity index (χ4v) is 0.351. The van der Waals surface area contributed by atoms with E-state index >= 15 is 0 Å². The fraction of sp³-hybridized carbons (Fsp3) is 0. The van der Waals surface area contributed by atoms with Gasteiger partial charge in [-0.25, -0.2) is 0 Å². The van der Waals surface area contributed by atoms with Gasteiger partial charge in [0.05, 0.1) is 0 Å². The van der Waals surface area contributed by atoms with Crippen molar-refractivity contribution in [1.82, 2.24) is 0 Å². The molecule has 0 saturated carbocycles. The Balaban J connectivity index is 3.27. The molecule has 42 valence electrons. The van der Waals surface area contributed by atoms with Crippen molar-refractivity contribution in [2.75, 3.05) is 0 Å². The molecule has 0 heterocycles. The molecule has 0 saturated heterocycles. The first kappa shape index (κ1) is 6.88. The molecule has 0 fully saturated rings. The van der Waals surface area contributed by atoms with Crippen LogP contribution in [0.1, 0.15) is 0 Å². The molecular formula is C6H7Pd-. The SMILES string of the molecule is [CH2-]/C=C\C=C/[CH]=[Pd]. The van der Waals surface area contributed by atoms with E-state index in [1.54, 1.807) is 6.08 Å². The Morgan fingerprint density at radius 3 is 2.29 bits per heavy atom. The van der Waals surface area contributed by atoms with E-state index in [1.807, 2.05) is 22.7 Å². The quantitative estimate of drug-likeness (QED) is 0.345. The van der Waals surface area contributed by atoms with Crippen LogP contribution in [0.15, 0.2) is 24.3 Å². The van der Waals surface area contributed by atoms with Crippen LogP contribution < -0.4 is 0 Å². The third-order valence-electron chi connectivity index (χ3n) is 0.419. The van der Waals surface area contributed by atoms with Crippen LogP contribution in [0.5, 0.6) is 0 Å². The van der Waals surface area contributed by atoms with E-state index in [4.69, 9.17) is 0 Å². The van der Waals surface area contributed by atoms with E-state index in [2.05, 4.69) is 25.7 Å². The number of hydrogen-bond donors (Lipinski definition) is 0. The van der Waals surface area contributed by atoms with Gasteiger partial charge in [0.25, 0.3) is 0 Å². The molecule has 0 radical (unpaired) electrons. The Bertz CT molecular complexity index is 90.4. The molecule has 0 nitrogen and oxygen atoms in total. The number of rotatable bonds is 2. The van der Waals surface area contributed by atoms with Gasteiger partial charge >= 0.3 is 54.5 Å². The Morgan fingerprint density at radius 1 is 1.14 bits per heavy atom. The molecule has 0 N–H and O–H groups in total. The fourth-order valence-electron chi connectivity index (χ4n) is 0.178. The van der Waals surface area contributed by atoms with Gasteiger partial charge in [-0.1, -0.05) is 0 Å². The second-order valence-electron chi connectivity index (χ2n) is 0.918. The molecule has 0 aromatic carbocycles. The Morgan fingerprint density at radius 2 is 1.86 bits per heavy atom. The normalized spacial score (nSPS) is 11.1. The van der Waals surface area contributed by atoms with Gasteiger partial charge in [-0.2, -0.15) is 0 Å². The third kappa shape index (κ3) is 5.88. The summed E-state index contributed by atoms with van der Waals surface area (Å²) in [5.41, 5.74) is 0. The molecule has 0 rings (SSSR count). The van der Waals surface area contributed by atoms with Gasteiger partial charge in [-0.3, -0.25) is 0 Å². The molecule has 0 aliphatic carbocycles. The maximum absolute atomic E-state index is 3.50. The predicted molar refractivity (Wildman–Crippen MR) is 29.7 cm³/mol. The first-order chi connectivity index (χ1) is 3.41. The number of allylic oxidation sites excluding steroid dienone is 4. The van der Waals surface area contributed by atoms with E-state index in [0.29, 0.717) is 0 Å². The second-order valence-corrected chi connectivity index (χ2v) is 1.44. The summed E-state index contributed by atoms with van der Waals surface area (Å²) >= 11 is 2.89. The zero-order chi connectivity index (χ0) is 5.54. The van der Waals surface area contributed by atoms with E-state index in [9.17, 15) is 0 Å². The van der Waals surface area contributed by atoms with Crippen LogP contribution in [0.2, 0.25) is 0 Å². The average Bonchev–Trinajstić information content (AvgIpc) is 1.69. The van der Waals surface area contributed by atoms with Crippen molar-refractivity contribution in [3.63, 3.8) is 0 Å². The molecule has 0 aliphatic rings. The monoisotopic (exact) mass is 185 g/mol. The maximum atomic E-state index is 3.50. The van der Waals surface area contributed by atoms with Crippen molar-refractivity contribution in [3.8, 4) is 0 Å². The molecule has 0 unspecified atom stereocenters. The van der Waals surface area contributed by atoms with Gasteiger partial charge in [-0.15, -0.1) is 0 Å². The van der Waals surface area contributed by atoms with Gasteiger partial charge in [0.2, 0.25) is 0 Å². The Hall–Kier alpha value is -0.118. The van der Waals surface area contributed by atoms with Crippen LogP contribution in [-0.2, 0) is 18.7 Å². The zero-order valence-electron chi connectivity index (χ0n) is 3.91. The summed E-state index contributed by atoms with van der Waals surface area (Å²) < 4.78 is 1.82. The molecule has 0 aliphatic heterocycles. The van der Waals surface area contributed by atoms with Crippen LogP contribution in [0.25, 0.3) is 0 Å². The first-order valence-corrected chi connectivity index (χ1v) is 2.82. The number of hydrogen-bond acceptors (Lipinski definition) is 0. The van der Waals surface area contributed by atoms with Crippen molar-refractivity contribution in [2.45, 2.75) is 0 Å². The van der Waals surface area contributed by atoms with Crippen LogP contribution in [0.3, 0.4) is 0 Å². The summed E-state index contributed by atoms with van der Waals surface area (Å²) in [6.07, 6.45) is 7.39. The van der Waals surface area contributed by atoms with Crippen LogP contribution >= 0.6 is 0 Å². The topological polar surface area (TPSA) is 0 Å². The van der Waals surface area contributed by atoms with E-state index < -0.39 is 0 Å². The van der Waals surface area contributed by atoms with Crippen LogP contribution in [-0.4, -0.2) is 4.49 Å². The first-order valence-electron chi connectivity index (χ1n) is 1.92. The summed E-state index contributed by atoms with van der Waals surface area (Å²) in [6, 6.07) is 0. The van der Waals surface area contributed by atoms with Gasteiger partial charge in [0.1, 0.15) is 0 Å². The molecule has 0 atom stereocenters. The van der Waals surface area contributed by atoms with Crippen molar-refractivity contribution < 1.29 is 18.7 Å². The third-order valence-corrected chi connectivity index (χ3v) is 0.718. The Kier molecular flexibility index (Phi) is 5.78. The molecule has 0 bridgehead atoms. The summed E-state index contributed by atoms with van der Waals surface area (Å²) in [5.74, 6) is 0. The van der Waals surface area contributed by atoms with E-state index in [1.165, 1.54) is 0 Å². The predicted octanol–water partition coefficient (Wildman–Crippen LogP) is 1.28. The molecule has 7 heavy (non-hydrogen) atoms. The molecule has 0 aromatic rings. The van der Waals surface area contributed by atoms with Gasteiger partial charge in [-0.05, 0) is 0 Å². The minimum absolute atomic E-state index is 1.73. The molecule has 1 heteroatoms. The standard InChI is InChI=1S/C6H7.Pd/c1-3-5-6-4-2;/h1,3-6H,2H2;/q-1;/b5-3-,6-4-;. The Labute approximate surface area is 54.8 Å². The molecule has 0 aromatic heterocycles. The van der Waals surface area contributed by atoms with Crippen molar-refractivity contribution >= 4 is 4.49 Å². The van der Waals surface area contributed by atoms with Crippen LogP contribution in [0.4, 0.5) is 0 Å². The summed E-state index contributed by atoms with van der Waals surface area (Å²) in [6.45, 7) is 3.50. The zero-order valence-corrected chi connectivity index (χ0v) is 5.46. The van der Waals surface area contributed by atoms with Gasteiger partial charge in [0, 0.05) is 0 Å². The van der Waals surface area contributed by atoms with Gasteiger partial charge < -0.3 is 0 Å². The van der Waals surface area contributed by atoms with E-state index in [-0.39, 0.29) is 0 Å². The van der Waals surface area contributed by atoms with Crippen LogP contribution in [0, 0.1) is 6.92 Å². The summed E-state index contributed by atoms with van der Waals surface area (Å²) in [7, 11) is 0. The van der Waals surface area contributed by atoms with Crippen molar-refractivity contribution in [2.24, 2.45) is 0 Å². The summed E-state index contributed by atoms with van der Waals surface area (Å²) in [5, 5.41) is 0. The molecule has 0 spiro atoms. The average molecular weight is 186 g/mol.